The average Bonchev–Trinajstić information content (AvgIpc) is 3.69. The molecular weight excluding hydrogens is 460 g/mol. The molecule has 9 heteroatoms. The van der Waals surface area contributed by atoms with Crippen LogP contribution in [-0.4, -0.2) is 49.2 Å². The zero-order chi connectivity index (χ0) is 23.8. The number of ketones is 1. The maximum Gasteiger partial charge on any atom is 0.251 e. The fourth-order valence-corrected chi connectivity index (χ4v) is 7.85. The number of rotatable bonds is 3. The van der Waals surface area contributed by atoms with E-state index < -0.39 is 16.9 Å². The van der Waals surface area contributed by atoms with Gasteiger partial charge in [-0.1, -0.05) is 36.4 Å². The first-order valence-corrected chi connectivity index (χ1v) is 12.6. The number of carbonyl (C=O) groups is 2. The molecule has 0 aliphatic carbocycles. The molecule has 0 saturated carbocycles. The molecule has 2 saturated heterocycles. The topological polar surface area (TPSA) is 118 Å². The summed E-state index contributed by atoms with van der Waals surface area (Å²) >= 11 is 1.71. The molecule has 5 heterocycles. The Morgan fingerprint density at radius 3 is 2.83 bits per heavy atom. The maximum atomic E-state index is 14.8. The number of aromatic amines is 2. The van der Waals surface area contributed by atoms with Gasteiger partial charge in [-0.15, -0.1) is 11.8 Å². The Labute approximate surface area is 204 Å². The number of hydrogen-bond acceptors (Lipinski definition) is 6. The molecule has 3 aliphatic rings. The van der Waals surface area contributed by atoms with Crippen LogP contribution in [0, 0.1) is 16.7 Å². The first-order valence-electron chi connectivity index (χ1n) is 11.4. The summed E-state index contributed by atoms with van der Waals surface area (Å²) < 4.78 is 0. The average molecular weight is 481 g/mol. The van der Waals surface area contributed by atoms with Crippen molar-refractivity contribution in [2.45, 2.75) is 17.5 Å². The fourth-order valence-electron chi connectivity index (χ4n) is 6.55. The molecule has 3 N–H and O–H groups in total. The number of anilines is 1. The van der Waals surface area contributed by atoms with Crippen LogP contribution in [0.5, 0.6) is 0 Å². The number of Topliss-reactive ketones (excluding diaryl/α,β-unsaturated/α-hetero) is 1. The molecule has 1 amide bonds. The van der Waals surface area contributed by atoms with E-state index in [9.17, 15) is 14.9 Å². The van der Waals surface area contributed by atoms with Crippen LogP contribution in [-0.2, 0) is 10.3 Å². The molecule has 0 radical (unpaired) electrons. The monoisotopic (exact) mass is 480 g/mol. The molecule has 35 heavy (non-hydrogen) atoms. The van der Waals surface area contributed by atoms with Crippen LogP contribution >= 0.6 is 11.8 Å². The highest BCUT2D eigenvalue weighted by Gasteiger charge is 2.79. The number of hydrogen-bond donors (Lipinski definition) is 3. The summed E-state index contributed by atoms with van der Waals surface area (Å²) in [5, 5.41) is 14.8. The van der Waals surface area contributed by atoms with Crippen LogP contribution in [0.1, 0.15) is 27.7 Å². The fraction of sp³-hybridized carbons (Fsp3) is 0.231. The minimum atomic E-state index is -1.75. The van der Waals surface area contributed by atoms with Gasteiger partial charge in [-0.3, -0.25) is 14.5 Å². The van der Waals surface area contributed by atoms with E-state index in [1.165, 1.54) is 0 Å². The van der Waals surface area contributed by atoms with Gasteiger partial charge in [0.25, 0.3) is 5.91 Å². The minimum Gasteiger partial charge on any atom is -0.360 e. The largest absolute Gasteiger partial charge is 0.360 e. The lowest BCUT2D eigenvalue weighted by atomic mass is 9.59. The number of nitriles is 1. The normalized spacial score (nSPS) is 29.3. The standard InChI is InChI=1S/C26H20N6O2S/c27-13-25(22(33)16-11-30-18-7-3-1-5-15(16)18)21(23-28-9-10-29-23)20-12-35-14-32(20)26(25)17-6-2-4-8-19(17)31-24(26)34/h1-11,20-21,30H,12,14H2,(H,28,29)(H,31,34)/t20?,21-,25+,26-/m1/s1. The van der Waals surface area contributed by atoms with Crippen molar-refractivity contribution in [2.75, 3.05) is 16.9 Å². The van der Waals surface area contributed by atoms with E-state index in [4.69, 9.17) is 0 Å². The van der Waals surface area contributed by atoms with Crippen LogP contribution in [0.25, 0.3) is 10.9 Å². The summed E-state index contributed by atoms with van der Waals surface area (Å²) in [6.45, 7) is 0. The lowest BCUT2D eigenvalue weighted by molar-refractivity contribution is -0.129. The molecule has 4 atom stereocenters. The van der Waals surface area contributed by atoms with E-state index >= 15 is 0 Å². The molecular formula is C26H20N6O2S. The molecule has 2 fully saturated rings. The maximum absolute atomic E-state index is 14.8. The van der Waals surface area contributed by atoms with Gasteiger partial charge < -0.3 is 15.3 Å². The number of para-hydroxylation sites is 2. The van der Waals surface area contributed by atoms with Crippen LogP contribution in [0.3, 0.4) is 0 Å². The number of nitrogens with one attached hydrogen (secondary N) is 3. The van der Waals surface area contributed by atoms with Crippen molar-refractivity contribution in [1.29, 1.82) is 5.26 Å². The van der Waals surface area contributed by atoms with Gasteiger partial charge in [0.15, 0.2) is 16.7 Å². The second-order valence-electron chi connectivity index (χ2n) is 9.20. The van der Waals surface area contributed by atoms with Crippen molar-refractivity contribution in [3.63, 3.8) is 0 Å². The lowest BCUT2D eigenvalue weighted by Gasteiger charge is -2.41. The Morgan fingerprint density at radius 1 is 1.17 bits per heavy atom. The molecule has 0 bridgehead atoms. The summed E-state index contributed by atoms with van der Waals surface area (Å²) in [6, 6.07) is 17.2. The van der Waals surface area contributed by atoms with Crippen molar-refractivity contribution in [1.82, 2.24) is 19.9 Å². The second-order valence-corrected chi connectivity index (χ2v) is 10.2. The lowest BCUT2D eigenvalue weighted by Crippen LogP contribution is -2.59. The molecule has 1 spiro atoms. The number of H-pyrrole nitrogens is 2. The van der Waals surface area contributed by atoms with Crippen molar-refractivity contribution in [3.8, 4) is 6.07 Å². The van der Waals surface area contributed by atoms with Gasteiger partial charge in [0.2, 0.25) is 0 Å². The van der Waals surface area contributed by atoms with E-state index in [0.29, 0.717) is 34.3 Å². The van der Waals surface area contributed by atoms with Crippen molar-refractivity contribution < 1.29 is 9.59 Å². The molecule has 7 rings (SSSR count). The Morgan fingerprint density at radius 2 is 2.00 bits per heavy atom. The third-order valence-electron chi connectivity index (χ3n) is 7.85. The zero-order valence-corrected chi connectivity index (χ0v) is 19.3. The molecule has 2 aromatic carbocycles. The first kappa shape index (κ1) is 20.5. The molecule has 2 aromatic heterocycles. The summed E-state index contributed by atoms with van der Waals surface area (Å²) in [6.07, 6.45) is 5.00. The summed E-state index contributed by atoms with van der Waals surface area (Å²) in [4.78, 5) is 41.9. The van der Waals surface area contributed by atoms with Crippen molar-refractivity contribution in [2.24, 2.45) is 5.41 Å². The molecule has 4 aromatic rings. The van der Waals surface area contributed by atoms with Crippen LogP contribution in [0.2, 0.25) is 0 Å². The van der Waals surface area contributed by atoms with Crippen LogP contribution < -0.4 is 5.32 Å². The van der Waals surface area contributed by atoms with Crippen LogP contribution in [0.4, 0.5) is 5.69 Å². The summed E-state index contributed by atoms with van der Waals surface area (Å²) in [5.41, 5.74) is -0.722. The number of imidazole rings is 1. The van der Waals surface area contributed by atoms with E-state index in [1.807, 2.05) is 48.5 Å². The Balaban J connectivity index is 1.59. The van der Waals surface area contributed by atoms with Gasteiger partial charge in [0, 0.05) is 64.0 Å². The Kier molecular flexibility index (Phi) is 4.14. The highest BCUT2D eigenvalue weighted by atomic mass is 32.2. The quantitative estimate of drug-likeness (QED) is 0.386. The van der Waals surface area contributed by atoms with Crippen molar-refractivity contribution in [3.05, 3.63) is 84.1 Å². The van der Waals surface area contributed by atoms with E-state index in [-0.39, 0.29) is 17.7 Å². The number of benzene rings is 2. The molecule has 8 nitrogen and oxygen atoms in total. The van der Waals surface area contributed by atoms with Gasteiger partial charge in [-0.25, -0.2) is 4.98 Å². The number of amides is 1. The van der Waals surface area contributed by atoms with Crippen LogP contribution in [0.15, 0.2) is 67.1 Å². The third kappa shape index (κ3) is 2.29. The zero-order valence-electron chi connectivity index (χ0n) is 18.5. The summed E-state index contributed by atoms with van der Waals surface area (Å²) in [5.74, 6) is 0.434. The van der Waals surface area contributed by atoms with Gasteiger partial charge in [0.05, 0.1) is 12.0 Å². The van der Waals surface area contributed by atoms with Gasteiger partial charge in [-0.2, -0.15) is 5.26 Å². The predicted molar refractivity (Wildman–Crippen MR) is 132 cm³/mol. The Hall–Kier alpha value is -3.87. The van der Waals surface area contributed by atoms with Gasteiger partial charge in [0.1, 0.15) is 5.82 Å². The molecule has 3 aliphatic heterocycles. The number of fused-ring (bicyclic) bond motifs is 5. The Bertz CT molecular complexity index is 1560. The second kappa shape index (κ2) is 7.07. The van der Waals surface area contributed by atoms with E-state index in [2.05, 4.69) is 31.2 Å². The van der Waals surface area contributed by atoms with Gasteiger partial charge in [-0.05, 0) is 12.1 Å². The molecule has 1 unspecified atom stereocenters. The third-order valence-corrected chi connectivity index (χ3v) is 8.89. The first-order chi connectivity index (χ1) is 17.1. The molecule has 172 valence electrons. The van der Waals surface area contributed by atoms with E-state index in [1.54, 1.807) is 30.4 Å². The number of aromatic nitrogens is 3. The summed E-state index contributed by atoms with van der Waals surface area (Å²) in [7, 11) is 0. The van der Waals surface area contributed by atoms with E-state index in [0.717, 1.165) is 10.9 Å². The SMILES string of the molecule is N#C[C@@]1(C(=O)c2c[nH]c3ccccc23)[C@@H](c2ncc[nH]2)C2CSCN2[C@]12C(=O)Nc1ccccc12. The van der Waals surface area contributed by atoms with Crippen molar-refractivity contribution >= 4 is 40.0 Å². The number of nitrogens with zero attached hydrogens (tertiary/aromatic N) is 3. The number of thioether (sulfide) groups is 1. The highest BCUT2D eigenvalue weighted by molar-refractivity contribution is 7.99. The number of carbonyl (C=O) groups excluding carboxylic acids is 2. The van der Waals surface area contributed by atoms with Gasteiger partial charge >= 0.3 is 0 Å². The predicted octanol–water partition coefficient (Wildman–Crippen LogP) is 3.60. The highest BCUT2D eigenvalue weighted by Crippen LogP contribution is 2.67. The smallest absolute Gasteiger partial charge is 0.251 e. The minimum absolute atomic E-state index is 0.225.